The lowest BCUT2D eigenvalue weighted by Gasteiger charge is -2.04. The Morgan fingerprint density at radius 2 is 2.25 bits per heavy atom. The third kappa shape index (κ3) is 5.83. The molecule has 16 heavy (non-hydrogen) atoms. The smallest absolute Gasteiger partial charge is 0.0317 e. The quantitative estimate of drug-likeness (QED) is 0.586. The molecule has 0 aliphatic heterocycles. The highest BCUT2D eigenvalue weighted by atomic mass is 79.9. The summed E-state index contributed by atoms with van der Waals surface area (Å²) in [6.07, 6.45) is 6.69. The molecule has 1 nitrogen and oxygen atoms in total. The predicted octanol–water partition coefficient (Wildman–Crippen LogP) is 4.25. The summed E-state index contributed by atoms with van der Waals surface area (Å²) in [5.74, 6) is 0.742. The van der Waals surface area contributed by atoms with Gasteiger partial charge in [0.25, 0.3) is 0 Å². The van der Waals surface area contributed by atoms with Crippen molar-refractivity contribution in [3.63, 3.8) is 0 Å². The summed E-state index contributed by atoms with van der Waals surface area (Å²) in [7, 11) is 0. The van der Waals surface area contributed by atoms with Crippen LogP contribution in [0.5, 0.6) is 0 Å². The molecule has 0 atom stereocenters. The van der Waals surface area contributed by atoms with Gasteiger partial charge in [0, 0.05) is 15.8 Å². The van der Waals surface area contributed by atoms with Gasteiger partial charge >= 0.3 is 0 Å². The molecule has 0 unspecified atom stereocenters. The molecule has 1 rings (SSSR count). The maximum absolute atomic E-state index is 3.54. The van der Waals surface area contributed by atoms with E-state index in [-0.39, 0.29) is 0 Å². The third-order valence-electron chi connectivity index (χ3n) is 2.20. The molecule has 0 aliphatic carbocycles. The molecule has 0 fully saturated rings. The fourth-order valence-electron chi connectivity index (χ4n) is 1.36. The Hall–Kier alpha value is -0.120. The van der Waals surface area contributed by atoms with Gasteiger partial charge in [-0.2, -0.15) is 0 Å². The molecule has 1 aromatic heterocycles. The van der Waals surface area contributed by atoms with E-state index in [9.17, 15) is 0 Å². The van der Waals surface area contributed by atoms with Gasteiger partial charge in [-0.3, -0.25) is 0 Å². The van der Waals surface area contributed by atoms with Crippen molar-refractivity contribution in [2.45, 2.75) is 26.7 Å². The summed E-state index contributed by atoms with van der Waals surface area (Å²) in [6.45, 7) is 6.67. The molecule has 0 radical (unpaired) electrons. The Balaban J connectivity index is 2.07. The molecule has 90 valence electrons. The van der Waals surface area contributed by atoms with Crippen LogP contribution in [0.1, 0.15) is 25.1 Å². The Labute approximate surface area is 111 Å². The molecular weight excluding hydrogens is 282 g/mol. The monoisotopic (exact) mass is 301 g/mol. The van der Waals surface area contributed by atoms with Crippen molar-refractivity contribution in [2.75, 3.05) is 13.1 Å². The van der Waals surface area contributed by atoms with E-state index in [1.54, 1.807) is 0 Å². The highest BCUT2D eigenvalue weighted by Gasteiger charge is 1.97. The molecule has 0 aliphatic rings. The van der Waals surface area contributed by atoms with E-state index < -0.39 is 0 Å². The Morgan fingerprint density at radius 1 is 1.44 bits per heavy atom. The molecule has 0 saturated heterocycles. The molecule has 0 aromatic carbocycles. The van der Waals surface area contributed by atoms with E-state index in [1.165, 1.54) is 9.35 Å². The van der Waals surface area contributed by atoms with E-state index in [0.717, 1.165) is 31.8 Å². The van der Waals surface area contributed by atoms with Gasteiger partial charge in [0.2, 0.25) is 0 Å². The van der Waals surface area contributed by atoms with Crippen molar-refractivity contribution >= 4 is 27.3 Å². The maximum Gasteiger partial charge on any atom is 0.0317 e. The largest absolute Gasteiger partial charge is 0.316 e. The number of hydrogen-bond acceptors (Lipinski definition) is 2. The number of thiophene rings is 1. The first kappa shape index (κ1) is 13.9. The van der Waals surface area contributed by atoms with Crippen molar-refractivity contribution in [1.82, 2.24) is 5.32 Å². The maximum atomic E-state index is 3.54. The minimum atomic E-state index is 0.742. The van der Waals surface area contributed by atoms with Crippen molar-refractivity contribution in [2.24, 2.45) is 5.92 Å². The first-order valence-corrected chi connectivity index (χ1v) is 7.45. The first-order valence-electron chi connectivity index (χ1n) is 5.77. The van der Waals surface area contributed by atoms with Gasteiger partial charge < -0.3 is 5.32 Å². The second-order valence-corrected chi connectivity index (χ2v) is 6.11. The fraction of sp³-hybridized carbons (Fsp3) is 0.538. The second-order valence-electron chi connectivity index (χ2n) is 4.25. The molecule has 3 heteroatoms. The van der Waals surface area contributed by atoms with Crippen molar-refractivity contribution < 1.29 is 0 Å². The van der Waals surface area contributed by atoms with Gasteiger partial charge in [-0.15, -0.1) is 11.3 Å². The lowest BCUT2D eigenvalue weighted by Crippen LogP contribution is -2.20. The topological polar surface area (TPSA) is 12.0 Å². The Bertz CT molecular complexity index is 317. The van der Waals surface area contributed by atoms with Crippen LogP contribution in [0, 0.1) is 5.92 Å². The van der Waals surface area contributed by atoms with E-state index in [0.29, 0.717) is 0 Å². The van der Waals surface area contributed by atoms with Crippen molar-refractivity contribution in [3.8, 4) is 0 Å². The van der Waals surface area contributed by atoms with Gasteiger partial charge in [0.15, 0.2) is 0 Å². The Kier molecular flexibility index (Phi) is 7.01. The molecule has 0 spiro atoms. The van der Waals surface area contributed by atoms with Crippen LogP contribution in [-0.4, -0.2) is 13.1 Å². The van der Waals surface area contributed by atoms with E-state index in [2.05, 4.69) is 58.7 Å². The van der Waals surface area contributed by atoms with Crippen LogP contribution in [0.2, 0.25) is 0 Å². The summed E-state index contributed by atoms with van der Waals surface area (Å²) in [4.78, 5) is 1.41. The van der Waals surface area contributed by atoms with E-state index >= 15 is 0 Å². The van der Waals surface area contributed by atoms with Crippen molar-refractivity contribution in [1.29, 1.82) is 0 Å². The summed E-state index contributed by atoms with van der Waals surface area (Å²) in [5, 5.41) is 5.55. The van der Waals surface area contributed by atoms with Gasteiger partial charge in [-0.1, -0.05) is 26.0 Å². The zero-order valence-corrected chi connectivity index (χ0v) is 12.4. The standard InChI is InChI=1S/C13H20BrNS/c1-11(2)10-15-8-5-3-4-6-13-12(14)7-9-16-13/h3-4,7,9,11,15H,5-6,8,10H2,1-2H3. The number of halogens is 1. The summed E-state index contributed by atoms with van der Waals surface area (Å²) < 4.78 is 1.24. The van der Waals surface area contributed by atoms with Gasteiger partial charge in [0.1, 0.15) is 0 Å². The highest BCUT2D eigenvalue weighted by Crippen LogP contribution is 2.23. The Morgan fingerprint density at radius 3 is 2.88 bits per heavy atom. The number of rotatable bonds is 7. The minimum Gasteiger partial charge on any atom is -0.316 e. The molecule has 0 amide bonds. The van der Waals surface area contributed by atoms with Crippen molar-refractivity contribution in [3.05, 3.63) is 32.9 Å². The molecule has 1 N–H and O–H groups in total. The molecule has 1 aromatic rings. The molecule has 1 heterocycles. The van der Waals surface area contributed by atoms with Crippen LogP contribution in [0.25, 0.3) is 0 Å². The van der Waals surface area contributed by atoms with Crippen LogP contribution in [0.15, 0.2) is 28.1 Å². The number of hydrogen-bond donors (Lipinski definition) is 1. The normalized spacial score (nSPS) is 11.8. The van der Waals surface area contributed by atoms with E-state index in [4.69, 9.17) is 0 Å². The van der Waals surface area contributed by atoms with Crippen LogP contribution >= 0.6 is 27.3 Å². The summed E-state index contributed by atoms with van der Waals surface area (Å²) in [6, 6.07) is 2.11. The zero-order valence-electron chi connectivity index (χ0n) is 10.0. The van der Waals surface area contributed by atoms with Crippen LogP contribution < -0.4 is 5.32 Å². The number of allylic oxidation sites excluding steroid dienone is 1. The van der Waals surface area contributed by atoms with Gasteiger partial charge in [0.05, 0.1) is 0 Å². The third-order valence-corrected chi connectivity index (χ3v) is 4.15. The average Bonchev–Trinajstić information content (AvgIpc) is 2.62. The first-order chi connectivity index (χ1) is 7.70. The van der Waals surface area contributed by atoms with Crippen LogP contribution in [-0.2, 0) is 6.42 Å². The summed E-state index contributed by atoms with van der Waals surface area (Å²) in [5.41, 5.74) is 0. The van der Waals surface area contributed by atoms with E-state index in [1.807, 2.05) is 11.3 Å². The SMILES string of the molecule is CC(C)CNCCC=CCc1sccc1Br. The van der Waals surface area contributed by atoms with Crippen LogP contribution in [0.4, 0.5) is 0 Å². The van der Waals surface area contributed by atoms with Gasteiger partial charge in [-0.05, 0) is 52.8 Å². The molecular formula is C13H20BrNS. The second kappa shape index (κ2) is 8.04. The molecule has 0 saturated carbocycles. The lowest BCUT2D eigenvalue weighted by molar-refractivity contribution is 0.556. The zero-order chi connectivity index (χ0) is 11.8. The fourth-order valence-corrected chi connectivity index (χ4v) is 2.85. The van der Waals surface area contributed by atoms with Gasteiger partial charge in [-0.25, -0.2) is 0 Å². The minimum absolute atomic E-state index is 0.742. The molecule has 0 bridgehead atoms. The predicted molar refractivity (Wildman–Crippen MR) is 77.2 cm³/mol. The average molecular weight is 302 g/mol. The summed E-state index contributed by atoms with van der Waals surface area (Å²) >= 11 is 5.35. The number of nitrogens with one attached hydrogen (secondary N) is 1. The highest BCUT2D eigenvalue weighted by molar-refractivity contribution is 9.10. The lowest BCUT2D eigenvalue weighted by atomic mass is 10.2. The van der Waals surface area contributed by atoms with Crippen LogP contribution in [0.3, 0.4) is 0 Å².